The van der Waals surface area contributed by atoms with E-state index in [4.69, 9.17) is 5.73 Å². The van der Waals surface area contributed by atoms with Gasteiger partial charge in [-0.1, -0.05) is 12.8 Å². The summed E-state index contributed by atoms with van der Waals surface area (Å²) in [4.78, 5) is 34.7. The Kier molecular flexibility index (Phi) is 4.02. The monoisotopic (exact) mass is 279 g/mol. The van der Waals surface area contributed by atoms with Gasteiger partial charge in [0.2, 0.25) is 0 Å². The van der Waals surface area contributed by atoms with Crippen LogP contribution in [0.2, 0.25) is 0 Å². The summed E-state index contributed by atoms with van der Waals surface area (Å²) in [5.41, 5.74) is 5.37. The molecule has 1 aromatic rings. The van der Waals surface area contributed by atoms with Gasteiger partial charge in [0.1, 0.15) is 5.69 Å². The third-order valence-corrected chi connectivity index (χ3v) is 3.32. The van der Waals surface area contributed by atoms with Gasteiger partial charge < -0.3 is 16.4 Å². The zero-order chi connectivity index (χ0) is 14.7. The summed E-state index contributed by atoms with van der Waals surface area (Å²) in [7, 11) is 1.52. The lowest BCUT2D eigenvalue weighted by Gasteiger charge is -2.11. The minimum absolute atomic E-state index is 0.0482. The van der Waals surface area contributed by atoms with Crippen molar-refractivity contribution in [1.29, 1.82) is 0 Å². The molecule has 1 aliphatic carbocycles. The molecule has 1 aromatic heterocycles. The van der Waals surface area contributed by atoms with E-state index >= 15 is 0 Å². The number of amides is 3. The van der Waals surface area contributed by atoms with Gasteiger partial charge >= 0.3 is 11.8 Å². The number of rotatable bonds is 3. The van der Waals surface area contributed by atoms with Crippen molar-refractivity contribution in [1.82, 2.24) is 15.1 Å². The standard InChI is InChI=1S/C12H17N5O3/c1-17-9(10(13)18)8(6-14-17)16-12(20)11(19)15-7-4-2-3-5-7/h6-7H,2-5H2,1H3,(H2,13,18)(H,15,19)(H,16,20). The van der Waals surface area contributed by atoms with Crippen molar-refractivity contribution >= 4 is 23.4 Å². The van der Waals surface area contributed by atoms with Crippen LogP contribution in [-0.2, 0) is 16.6 Å². The second-order valence-electron chi connectivity index (χ2n) is 4.80. The molecule has 0 spiro atoms. The third-order valence-electron chi connectivity index (χ3n) is 3.32. The van der Waals surface area contributed by atoms with E-state index in [0.717, 1.165) is 25.7 Å². The molecular formula is C12H17N5O3. The van der Waals surface area contributed by atoms with E-state index in [2.05, 4.69) is 15.7 Å². The van der Waals surface area contributed by atoms with E-state index in [0.29, 0.717) is 0 Å². The number of carbonyl (C=O) groups is 3. The quantitative estimate of drug-likeness (QED) is 0.647. The molecule has 1 fully saturated rings. The van der Waals surface area contributed by atoms with Crippen LogP contribution in [0.3, 0.4) is 0 Å². The summed E-state index contributed by atoms with van der Waals surface area (Å²) in [5.74, 6) is -2.26. The summed E-state index contributed by atoms with van der Waals surface area (Å²) in [5, 5.41) is 8.83. The highest BCUT2D eigenvalue weighted by Crippen LogP contribution is 2.17. The molecule has 0 saturated heterocycles. The maximum absolute atomic E-state index is 11.8. The average Bonchev–Trinajstić information content (AvgIpc) is 2.99. The number of primary amides is 1. The molecule has 0 atom stereocenters. The molecule has 0 unspecified atom stereocenters. The number of aryl methyl sites for hydroxylation is 1. The molecule has 0 aromatic carbocycles. The predicted molar refractivity (Wildman–Crippen MR) is 70.8 cm³/mol. The summed E-state index contributed by atoms with van der Waals surface area (Å²) in [6.45, 7) is 0. The lowest BCUT2D eigenvalue weighted by atomic mass is 10.2. The van der Waals surface area contributed by atoms with Crippen molar-refractivity contribution in [2.45, 2.75) is 31.7 Å². The molecule has 8 heteroatoms. The molecule has 1 aliphatic rings. The SMILES string of the molecule is Cn1ncc(NC(=O)C(=O)NC2CCCC2)c1C(N)=O. The summed E-state index contributed by atoms with van der Waals surface area (Å²) < 4.78 is 1.24. The van der Waals surface area contributed by atoms with Gasteiger partial charge in [0.15, 0.2) is 0 Å². The van der Waals surface area contributed by atoms with Gasteiger partial charge in [0.25, 0.3) is 5.91 Å². The fourth-order valence-corrected chi connectivity index (χ4v) is 2.32. The van der Waals surface area contributed by atoms with Crippen LogP contribution in [0, 0.1) is 0 Å². The van der Waals surface area contributed by atoms with E-state index < -0.39 is 17.7 Å². The van der Waals surface area contributed by atoms with Gasteiger partial charge in [-0.05, 0) is 12.8 Å². The van der Waals surface area contributed by atoms with E-state index in [1.165, 1.54) is 17.9 Å². The van der Waals surface area contributed by atoms with Gasteiger partial charge in [0.05, 0.1) is 11.9 Å². The lowest BCUT2D eigenvalue weighted by Crippen LogP contribution is -2.40. The number of nitrogens with two attached hydrogens (primary N) is 1. The Hall–Kier alpha value is -2.38. The first-order chi connectivity index (χ1) is 9.49. The number of aromatic nitrogens is 2. The number of hydrogen-bond donors (Lipinski definition) is 3. The van der Waals surface area contributed by atoms with Crippen LogP contribution in [0.15, 0.2) is 6.20 Å². The van der Waals surface area contributed by atoms with E-state index in [9.17, 15) is 14.4 Å². The van der Waals surface area contributed by atoms with E-state index in [1.54, 1.807) is 0 Å². The van der Waals surface area contributed by atoms with Crippen molar-refractivity contribution in [3.05, 3.63) is 11.9 Å². The maximum atomic E-state index is 11.8. The zero-order valence-corrected chi connectivity index (χ0v) is 11.2. The van der Waals surface area contributed by atoms with Crippen molar-refractivity contribution in [2.24, 2.45) is 12.8 Å². The van der Waals surface area contributed by atoms with E-state index in [1.807, 2.05) is 0 Å². The Morgan fingerprint density at radius 2 is 1.95 bits per heavy atom. The largest absolute Gasteiger partial charge is 0.364 e. The van der Waals surface area contributed by atoms with Crippen LogP contribution in [0.5, 0.6) is 0 Å². The molecule has 0 aliphatic heterocycles. The smallest absolute Gasteiger partial charge is 0.313 e. The highest BCUT2D eigenvalue weighted by Gasteiger charge is 2.23. The second kappa shape index (κ2) is 5.72. The Balaban J connectivity index is 2.00. The summed E-state index contributed by atoms with van der Waals surface area (Å²) in [6.07, 6.45) is 5.17. The highest BCUT2D eigenvalue weighted by molar-refractivity contribution is 6.40. The fraction of sp³-hybridized carbons (Fsp3) is 0.500. The number of nitrogens with one attached hydrogen (secondary N) is 2. The number of anilines is 1. The van der Waals surface area contributed by atoms with Crippen LogP contribution in [0.1, 0.15) is 36.2 Å². The first-order valence-electron chi connectivity index (χ1n) is 6.42. The van der Waals surface area contributed by atoms with Crippen molar-refractivity contribution in [2.75, 3.05) is 5.32 Å². The highest BCUT2D eigenvalue weighted by atomic mass is 16.2. The van der Waals surface area contributed by atoms with Crippen LogP contribution in [0.25, 0.3) is 0 Å². The van der Waals surface area contributed by atoms with Gasteiger partial charge in [-0.15, -0.1) is 0 Å². The normalized spacial score (nSPS) is 15.1. The minimum Gasteiger partial charge on any atom is -0.364 e. The van der Waals surface area contributed by atoms with Crippen molar-refractivity contribution in [3.63, 3.8) is 0 Å². The Morgan fingerprint density at radius 1 is 1.30 bits per heavy atom. The maximum Gasteiger partial charge on any atom is 0.313 e. The van der Waals surface area contributed by atoms with Crippen LogP contribution >= 0.6 is 0 Å². The van der Waals surface area contributed by atoms with Crippen LogP contribution in [0.4, 0.5) is 5.69 Å². The van der Waals surface area contributed by atoms with Gasteiger partial charge in [0, 0.05) is 13.1 Å². The van der Waals surface area contributed by atoms with Crippen LogP contribution in [-0.4, -0.2) is 33.5 Å². The Morgan fingerprint density at radius 3 is 2.55 bits per heavy atom. The Bertz CT molecular complexity index is 545. The molecule has 1 saturated carbocycles. The second-order valence-corrected chi connectivity index (χ2v) is 4.80. The lowest BCUT2D eigenvalue weighted by molar-refractivity contribution is -0.136. The predicted octanol–water partition coefficient (Wildman–Crippen LogP) is -0.484. The first kappa shape index (κ1) is 14.0. The van der Waals surface area contributed by atoms with Gasteiger partial charge in [-0.2, -0.15) is 5.10 Å². The number of hydrogen-bond acceptors (Lipinski definition) is 4. The molecule has 8 nitrogen and oxygen atoms in total. The molecule has 108 valence electrons. The minimum atomic E-state index is -0.826. The molecule has 1 heterocycles. The average molecular weight is 279 g/mol. The molecule has 4 N–H and O–H groups in total. The molecular weight excluding hydrogens is 262 g/mol. The van der Waals surface area contributed by atoms with Crippen LogP contribution < -0.4 is 16.4 Å². The van der Waals surface area contributed by atoms with Crippen molar-refractivity contribution < 1.29 is 14.4 Å². The Labute approximate surface area is 115 Å². The number of carbonyl (C=O) groups excluding carboxylic acids is 3. The van der Waals surface area contributed by atoms with E-state index in [-0.39, 0.29) is 17.4 Å². The van der Waals surface area contributed by atoms with Crippen molar-refractivity contribution in [3.8, 4) is 0 Å². The molecule has 3 amide bonds. The van der Waals surface area contributed by atoms with Gasteiger partial charge in [-0.3, -0.25) is 19.1 Å². The first-order valence-corrected chi connectivity index (χ1v) is 6.42. The third kappa shape index (κ3) is 2.95. The summed E-state index contributed by atoms with van der Waals surface area (Å²) in [6, 6.07) is 0.0535. The zero-order valence-electron chi connectivity index (χ0n) is 11.2. The molecule has 20 heavy (non-hydrogen) atoms. The molecule has 0 bridgehead atoms. The number of nitrogens with zero attached hydrogens (tertiary/aromatic N) is 2. The molecule has 0 radical (unpaired) electrons. The molecule has 2 rings (SSSR count). The topological polar surface area (TPSA) is 119 Å². The fourth-order valence-electron chi connectivity index (χ4n) is 2.32. The summed E-state index contributed by atoms with van der Waals surface area (Å²) >= 11 is 0. The van der Waals surface area contributed by atoms with Gasteiger partial charge in [-0.25, -0.2) is 0 Å².